The molecule has 1 aromatic carbocycles. The monoisotopic (exact) mass is 247 g/mol. The molecule has 0 radical (unpaired) electrons. The zero-order valence-corrected chi connectivity index (χ0v) is 11.3. The van der Waals surface area contributed by atoms with Crippen molar-refractivity contribution < 1.29 is 0 Å². The SMILES string of the molecule is Cc1ccc(C(C(N)=S)C2CCCCC2)cc1. The molecular formula is C15H21NS. The van der Waals surface area contributed by atoms with E-state index in [9.17, 15) is 0 Å². The van der Waals surface area contributed by atoms with Gasteiger partial charge in [-0.3, -0.25) is 0 Å². The summed E-state index contributed by atoms with van der Waals surface area (Å²) in [5.41, 5.74) is 8.56. The largest absolute Gasteiger partial charge is 0.393 e. The summed E-state index contributed by atoms with van der Waals surface area (Å²) in [7, 11) is 0. The average Bonchev–Trinajstić information content (AvgIpc) is 2.33. The van der Waals surface area contributed by atoms with Crippen molar-refractivity contribution in [2.24, 2.45) is 11.7 Å². The number of hydrogen-bond donors (Lipinski definition) is 1. The molecule has 0 bridgehead atoms. The van der Waals surface area contributed by atoms with Gasteiger partial charge in [0.1, 0.15) is 0 Å². The predicted molar refractivity (Wildman–Crippen MR) is 77.3 cm³/mol. The molecular weight excluding hydrogens is 226 g/mol. The third-order valence-electron chi connectivity index (χ3n) is 3.86. The fourth-order valence-electron chi connectivity index (χ4n) is 2.91. The van der Waals surface area contributed by atoms with E-state index in [0.717, 1.165) is 0 Å². The highest BCUT2D eigenvalue weighted by molar-refractivity contribution is 7.80. The van der Waals surface area contributed by atoms with Crippen LogP contribution in [0.3, 0.4) is 0 Å². The van der Waals surface area contributed by atoms with Crippen molar-refractivity contribution in [1.29, 1.82) is 0 Å². The summed E-state index contributed by atoms with van der Waals surface area (Å²) in [6.07, 6.45) is 6.57. The van der Waals surface area contributed by atoms with Crippen LogP contribution in [0.2, 0.25) is 0 Å². The quantitative estimate of drug-likeness (QED) is 0.819. The Morgan fingerprint density at radius 3 is 2.29 bits per heavy atom. The van der Waals surface area contributed by atoms with E-state index in [1.165, 1.54) is 43.2 Å². The summed E-state index contributed by atoms with van der Waals surface area (Å²) in [6, 6.07) is 8.69. The lowest BCUT2D eigenvalue weighted by molar-refractivity contribution is 0.342. The van der Waals surface area contributed by atoms with Crippen molar-refractivity contribution in [3.63, 3.8) is 0 Å². The number of thiocarbonyl (C=S) groups is 1. The van der Waals surface area contributed by atoms with Gasteiger partial charge in [-0.2, -0.15) is 0 Å². The fourth-order valence-corrected chi connectivity index (χ4v) is 3.24. The van der Waals surface area contributed by atoms with Crippen molar-refractivity contribution in [3.05, 3.63) is 35.4 Å². The molecule has 2 N–H and O–H groups in total. The Hall–Kier alpha value is -0.890. The second-order valence-electron chi connectivity index (χ2n) is 5.19. The van der Waals surface area contributed by atoms with E-state index in [4.69, 9.17) is 18.0 Å². The Labute approximate surface area is 109 Å². The Morgan fingerprint density at radius 1 is 1.18 bits per heavy atom. The molecule has 1 fully saturated rings. The van der Waals surface area contributed by atoms with Gasteiger partial charge in [-0.15, -0.1) is 0 Å². The molecule has 1 atom stereocenters. The molecule has 2 rings (SSSR count). The molecule has 1 saturated carbocycles. The van der Waals surface area contributed by atoms with Crippen LogP contribution in [0.15, 0.2) is 24.3 Å². The molecule has 1 aromatic rings. The van der Waals surface area contributed by atoms with Crippen molar-refractivity contribution in [2.45, 2.75) is 44.9 Å². The Bertz CT molecular complexity index is 376. The highest BCUT2D eigenvalue weighted by atomic mass is 32.1. The Morgan fingerprint density at radius 2 is 1.76 bits per heavy atom. The molecule has 17 heavy (non-hydrogen) atoms. The topological polar surface area (TPSA) is 26.0 Å². The van der Waals surface area contributed by atoms with Gasteiger partial charge >= 0.3 is 0 Å². The summed E-state index contributed by atoms with van der Waals surface area (Å²) in [4.78, 5) is 0.667. The van der Waals surface area contributed by atoms with Crippen molar-refractivity contribution >= 4 is 17.2 Å². The van der Waals surface area contributed by atoms with Gasteiger partial charge in [0.15, 0.2) is 0 Å². The number of hydrogen-bond acceptors (Lipinski definition) is 1. The molecule has 1 aliphatic carbocycles. The average molecular weight is 247 g/mol. The number of nitrogens with two attached hydrogens (primary N) is 1. The second-order valence-corrected chi connectivity index (χ2v) is 5.66. The smallest absolute Gasteiger partial charge is 0.0806 e. The maximum absolute atomic E-state index is 5.97. The van der Waals surface area contributed by atoms with Gasteiger partial charge in [-0.25, -0.2) is 0 Å². The molecule has 0 aliphatic heterocycles. The number of rotatable bonds is 3. The third-order valence-corrected chi connectivity index (χ3v) is 4.12. The lowest BCUT2D eigenvalue weighted by Gasteiger charge is -2.30. The van der Waals surface area contributed by atoms with Gasteiger partial charge in [0.05, 0.1) is 4.99 Å². The predicted octanol–water partition coefficient (Wildman–Crippen LogP) is 3.95. The van der Waals surface area contributed by atoms with E-state index in [0.29, 0.717) is 10.9 Å². The minimum absolute atomic E-state index is 0.283. The third kappa shape index (κ3) is 3.06. The second kappa shape index (κ2) is 5.63. The Balaban J connectivity index is 2.21. The van der Waals surface area contributed by atoms with E-state index >= 15 is 0 Å². The first-order valence-corrected chi connectivity index (χ1v) is 6.95. The van der Waals surface area contributed by atoms with Gasteiger partial charge in [-0.1, -0.05) is 61.3 Å². The molecule has 1 aliphatic rings. The van der Waals surface area contributed by atoms with Crippen LogP contribution < -0.4 is 5.73 Å². The number of benzene rings is 1. The van der Waals surface area contributed by atoms with Gasteiger partial charge in [0.25, 0.3) is 0 Å². The van der Waals surface area contributed by atoms with Crippen molar-refractivity contribution in [1.82, 2.24) is 0 Å². The van der Waals surface area contributed by atoms with E-state index in [2.05, 4.69) is 31.2 Å². The molecule has 1 nitrogen and oxygen atoms in total. The molecule has 92 valence electrons. The van der Waals surface area contributed by atoms with E-state index in [1.54, 1.807) is 0 Å². The molecule has 0 saturated heterocycles. The maximum Gasteiger partial charge on any atom is 0.0806 e. The molecule has 0 spiro atoms. The first kappa shape index (κ1) is 12.6. The molecule has 0 amide bonds. The molecule has 0 aromatic heterocycles. The Kier molecular flexibility index (Phi) is 4.16. The van der Waals surface area contributed by atoms with Crippen LogP contribution in [0, 0.1) is 12.8 Å². The minimum Gasteiger partial charge on any atom is -0.393 e. The first-order valence-electron chi connectivity index (χ1n) is 6.54. The van der Waals surface area contributed by atoms with Gasteiger partial charge in [-0.05, 0) is 31.2 Å². The van der Waals surface area contributed by atoms with Crippen LogP contribution in [0.5, 0.6) is 0 Å². The highest BCUT2D eigenvalue weighted by Gasteiger charge is 2.26. The summed E-state index contributed by atoms with van der Waals surface area (Å²) < 4.78 is 0. The summed E-state index contributed by atoms with van der Waals surface area (Å²) in [5, 5.41) is 0. The zero-order valence-electron chi connectivity index (χ0n) is 10.5. The summed E-state index contributed by atoms with van der Waals surface area (Å²) >= 11 is 5.29. The van der Waals surface area contributed by atoms with Gasteiger partial charge in [0.2, 0.25) is 0 Å². The summed E-state index contributed by atoms with van der Waals surface area (Å²) in [5.74, 6) is 0.940. The van der Waals surface area contributed by atoms with Crippen LogP contribution in [-0.2, 0) is 0 Å². The highest BCUT2D eigenvalue weighted by Crippen LogP contribution is 2.36. The van der Waals surface area contributed by atoms with Crippen molar-refractivity contribution in [3.8, 4) is 0 Å². The van der Waals surface area contributed by atoms with Crippen LogP contribution in [0.1, 0.15) is 49.1 Å². The van der Waals surface area contributed by atoms with E-state index in [1.807, 2.05) is 0 Å². The van der Waals surface area contributed by atoms with Crippen molar-refractivity contribution in [2.75, 3.05) is 0 Å². The minimum atomic E-state index is 0.283. The summed E-state index contributed by atoms with van der Waals surface area (Å²) in [6.45, 7) is 2.11. The standard InChI is InChI=1S/C15H21NS/c1-11-7-9-13(10-8-11)14(15(16)17)12-5-3-2-4-6-12/h7-10,12,14H,2-6H2,1H3,(H2,16,17). The molecule has 2 heteroatoms. The van der Waals surface area contributed by atoms with E-state index < -0.39 is 0 Å². The van der Waals surface area contributed by atoms with Gasteiger partial charge < -0.3 is 5.73 Å². The fraction of sp³-hybridized carbons (Fsp3) is 0.533. The normalized spacial score (nSPS) is 18.9. The van der Waals surface area contributed by atoms with Crippen LogP contribution in [0.4, 0.5) is 0 Å². The lowest BCUT2D eigenvalue weighted by atomic mass is 9.76. The van der Waals surface area contributed by atoms with E-state index in [-0.39, 0.29) is 5.92 Å². The maximum atomic E-state index is 5.97. The van der Waals surface area contributed by atoms with Crippen LogP contribution in [0.25, 0.3) is 0 Å². The number of aryl methyl sites for hydroxylation is 1. The zero-order chi connectivity index (χ0) is 12.3. The lowest BCUT2D eigenvalue weighted by Crippen LogP contribution is -2.28. The van der Waals surface area contributed by atoms with Crippen LogP contribution in [-0.4, -0.2) is 4.99 Å². The first-order chi connectivity index (χ1) is 8.18. The molecule has 0 heterocycles. The van der Waals surface area contributed by atoms with Gasteiger partial charge in [0, 0.05) is 5.92 Å². The van der Waals surface area contributed by atoms with Crippen LogP contribution >= 0.6 is 12.2 Å². The molecule has 1 unspecified atom stereocenters.